The monoisotopic (exact) mass is 509 g/mol. The van der Waals surface area contributed by atoms with Crippen molar-refractivity contribution in [3.05, 3.63) is 144 Å². The predicted octanol–water partition coefficient (Wildman–Crippen LogP) is 6.89. The highest BCUT2D eigenvalue weighted by atomic mass is 15.3. The molecule has 0 saturated heterocycles. The van der Waals surface area contributed by atoms with Crippen LogP contribution in [0.5, 0.6) is 0 Å². The fraction of sp³-hybridized carbons (Fsp3) is 0.118. The van der Waals surface area contributed by atoms with Crippen molar-refractivity contribution in [1.82, 2.24) is 10.6 Å². The molecule has 0 bridgehead atoms. The highest BCUT2D eigenvalue weighted by molar-refractivity contribution is 6.00. The number of nitrogens with one attached hydrogen (secondary N) is 2. The first-order valence-corrected chi connectivity index (χ1v) is 13.3. The first kappa shape index (κ1) is 24.7. The van der Waals surface area contributed by atoms with Crippen LogP contribution in [-0.4, -0.2) is 12.1 Å². The molecule has 0 spiro atoms. The van der Waals surface area contributed by atoms with E-state index in [9.17, 15) is 0 Å². The molecule has 0 amide bonds. The number of hydrogen-bond acceptors (Lipinski definition) is 5. The fourth-order valence-corrected chi connectivity index (χ4v) is 5.22. The molecular weight excluding hydrogens is 478 g/mol. The van der Waals surface area contributed by atoms with Crippen molar-refractivity contribution in [1.29, 1.82) is 0 Å². The van der Waals surface area contributed by atoms with Gasteiger partial charge in [-0.05, 0) is 46.2 Å². The van der Waals surface area contributed by atoms with E-state index in [4.69, 9.17) is 10.7 Å². The zero-order chi connectivity index (χ0) is 26.6. The number of nitrogens with two attached hydrogens (primary N) is 1. The van der Waals surface area contributed by atoms with Crippen LogP contribution in [0.25, 0.3) is 21.9 Å². The second-order valence-corrected chi connectivity index (χ2v) is 9.62. The molecule has 4 N–H and O–H groups in total. The van der Waals surface area contributed by atoms with E-state index in [2.05, 4.69) is 113 Å². The van der Waals surface area contributed by atoms with Crippen molar-refractivity contribution in [2.24, 2.45) is 15.7 Å². The van der Waals surface area contributed by atoms with Crippen molar-refractivity contribution < 1.29 is 0 Å². The smallest absolute Gasteiger partial charge is 0.131 e. The van der Waals surface area contributed by atoms with Gasteiger partial charge in [-0.1, -0.05) is 121 Å². The van der Waals surface area contributed by atoms with Gasteiger partial charge in [0, 0.05) is 11.1 Å². The number of aliphatic imine (C=N–C) groups is 2. The van der Waals surface area contributed by atoms with Gasteiger partial charge < -0.3 is 11.1 Å². The lowest BCUT2D eigenvalue weighted by Gasteiger charge is -2.33. The Kier molecular flexibility index (Phi) is 7.00. The van der Waals surface area contributed by atoms with Crippen molar-refractivity contribution in [3.63, 3.8) is 0 Å². The van der Waals surface area contributed by atoms with Crippen LogP contribution in [-0.2, 0) is 0 Å². The summed E-state index contributed by atoms with van der Waals surface area (Å²) in [5.74, 6) is 0.867. The van der Waals surface area contributed by atoms with Gasteiger partial charge >= 0.3 is 0 Å². The molecule has 1 heterocycles. The van der Waals surface area contributed by atoms with E-state index in [1.807, 2.05) is 31.2 Å². The third kappa shape index (κ3) is 5.10. The molecule has 0 aromatic heterocycles. The van der Waals surface area contributed by atoms with Crippen molar-refractivity contribution in [3.8, 4) is 11.1 Å². The van der Waals surface area contributed by atoms with Crippen LogP contribution < -0.4 is 16.4 Å². The van der Waals surface area contributed by atoms with Crippen LogP contribution in [0.3, 0.4) is 0 Å². The van der Waals surface area contributed by atoms with Crippen LogP contribution in [0.2, 0.25) is 0 Å². The van der Waals surface area contributed by atoms with E-state index < -0.39 is 0 Å². The zero-order valence-corrected chi connectivity index (χ0v) is 21.8. The van der Waals surface area contributed by atoms with Crippen LogP contribution in [0.1, 0.15) is 47.7 Å². The van der Waals surface area contributed by atoms with E-state index in [0.29, 0.717) is 0 Å². The second-order valence-electron chi connectivity index (χ2n) is 9.62. The summed E-state index contributed by atoms with van der Waals surface area (Å²) in [4.78, 5) is 9.58. The summed E-state index contributed by atoms with van der Waals surface area (Å²) in [5.41, 5.74) is 12.8. The van der Waals surface area contributed by atoms with Crippen molar-refractivity contribution in [2.75, 3.05) is 0 Å². The molecule has 3 atom stereocenters. The molecule has 39 heavy (non-hydrogen) atoms. The molecule has 0 aliphatic carbocycles. The summed E-state index contributed by atoms with van der Waals surface area (Å²) >= 11 is 0. The Balaban J connectivity index is 1.51. The Morgan fingerprint density at radius 3 is 2.21 bits per heavy atom. The number of fused-ring (bicyclic) bond motifs is 1. The van der Waals surface area contributed by atoms with Gasteiger partial charge in [-0.25, -0.2) is 4.99 Å². The topological polar surface area (TPSA) is 74.8 Å². The van der Waals surface area contributed by atoms with Crippen LogP contribution in [0.4, 0.5) is 0 Å². The number of amidine groups is 1. The molecule has 5 nitrogen and oxygen atoms in total. The van der Waals surface area contributed by atoms with Gasteiger partial charge in [-0.15, -0.1) is 0 Å². The van der Waals surface area contributed by atoms with Gasteiger partial charge in [0.15, 0.2) is 0 Å². The first-order chi connectivity index (χ1) is 19.2. The van der Waals surface area contributed by atoms with Crippen molar-refractivity contribution >= 4 is 22.8 Å². The maximum absolute atomic E-state index is 6.22. The lowest BCUT2D eigenvalue weighted by Crippen LogP contribution is -2.45. The van der Waals surface area contributed by atoms with E-state index in [1.165, 1.54) is 10.8 Å². The molecule has 6 rings (SSSR count). The summed E-state index contributed by atoms with van der Waals surface area (Å²) in [6.45, 7) is 1.88. The third-order valence-electron chi connectivity index (χ3n) is 7.16. The Bertz CT molecular complexity index is 1630. The molecule has 1 aliphatic rings. The Morgan fingerprint density at radius 1 is 0.769 bits per heavy atom. The summed E-state index contributed by atoms with van der Waals surface area (Å²) in [6.07, 6.45) is 0.993. The normalized spacial score (nSPS) is 18.1. The molecule has 5 heteroatoms. The standard InChI is InChI=1S/C34H31N5/c1-2-36-31(35)25-19-17-24(18-20-25)29-22-21-23-11-9-10-16-28(23)30(29)34-38-32(26-12-5-3-6-13-26)37-33(39-34)27-14-7-4-8-15-27/h2-22,31-32,34,38H,35H2,1H3,(H,37,39)/b36-2-. The zero-order valence-electron chi connectivity index (χ0n) is 21.8. The predicted molar refractivity (Wildman–Crippen MR) is 162 cm³/mol. The molecule has 0 fully saturated rings. The number of hydrogen-bond donors (Lipinski definition) is 3. The Morgan fingerprint density at radius 2 is 1.46 bits per heavy atom. The van der Waals surface area contributed by atoms with Crippen LogP contribution in [0, 0.1) is 0 Å². The van der Waals surface area contributed by atoms with Gasteiger partial charge in [0.25, 0.3) is 0 Å². The average Bonchev–Trinajstić information content (AvgIpc) is 3.01. The van der Waals surface area contributed by atoms with Gasteiger partial charge in [-0.3, -0.25) is 10.3 Å². The van der Waals surface area contributed by atoms with Crippen LogP contribution >= 0.6 is 0 Å². The van der Waals surface area contributed by atoms with E-state index in [1.54, 1.807) is 6.21 Å². The van der Waals surface area contributed by atoms with Gasteiger partial charge in [-0.2, -0.15) is 0 Å². The number of nitrogens with zero attached hydrogens (tertiary/aromatic N) is 2. The fourth-order valence-electron chi connectivity index (χ4n) is 5.22. The Labute approximate surface area is 229 Å². The van der Waals surface area contributed by atoms with Crippen LogP contribution in [0.15, 0.2) is 131 Å². The minimum atomic E-state index is -0.365. The third-order valence-corrected chi connectivity index (χ3v) is 7.16. The quantitative estimate of drug-likeness (QED) is 0.218. The summed E-state index contributed by atoms with van der Waals surface area (Å²) < 4.78 is 0. The maximum atomic E-state index is 6.22. The molecular formula is C34H31N5. The molecule has 5 aromatic rings. The number of rotatable bonds is 6. The molecule has 192 valence electrons. The minimum absolute atomic E-state index is 0.108. The maximum Gasteiger partial charge on any atom is 0.131 e. The van der Waals surface area contributed by atoms with Gasteiger partial charge in [0.2, 0.25) is 0 Å². The largest absolute Gasteiger partial charge is 0.350 e. The number of benzene rings is 5. The summed E-state index contributed by atoms with van der Waals surface area (Å²) in [7, 11) is 0. The second kappa shape index (κ2) is 11.0. The summed E-state index contributed by atoms with van der Waals surface area (Å²) in [6, 6.07) is 42.1. The van der Waals surface area contributed by atoms with E-state index >= 15 is 0 Å². The SMILES string of the molecule is C/C=N\C(N)c1ccc(-c2ccc3ccccc3c2C2N=C(c3ccccc3)NC(c3ccccc3)N2)cc1. The van der Waals surface area contributed by atoms with E-state index in [0.717, 1.165) is 39.2 Å². The van der Waals surface area contributed by atoms with E-state index in [-0.39, 0.29) is 18.5 Å². The highest BCUT2D eigenvalue weighted by Gasteiger charge is 2.28. The minimum Gasteiger partial charge on any atom is -0.350 e. The van der Waals surface area contributed by atoms with Gasteiger partial charge in [0.1, 0.15) is 24.3 Å². The Hall–Kier alpha value is -4.58. The molecule has 0 radical (unpaired) electrons. The average molecular weight is 510 g/mol. The molecule has 3 unspecified atom stereocenters. The lowest BCUT2D eigenvalue weighted by atomic mass is 9.91. The lowest BCUT2D eigenvalue weighted by molar-refractivity contribution is 0.411. The highest BCUT2D eigenvalue weighted by Crippen LogP contribution is 2.38. The van der Waals surface area contributed by atoms with Gasteiger partial charge in [0.05, 0.1) is 0 Å². The first-order valence-electron chi connectivity index (χ1n) is 13.3. The molecule has 5 aromatic carbocycles. The summed E-state index contributed by atoms with van der Waals surface area (Å²) in [5, 5.41) is 9.79. The molecule has 1 aliphatic heterocycles. The van der Waals surface area contributed by atoms with Crippen molar-refractivity contribution in [2.45, 2.75) is 25.4 Å². The molecule has 0 saturated carbocycles.